The minimum atomic E-state index is -0.143. The number of nitrogens with zero attached hydrogens (tertiary/aromatic N) is 7. The Labute approximate surface area is 166 Å². The second-order valence-corrected chi connectivity index (χ2v) is 6.82. The first-order valence-electron chi connectivity index (χ1n) is 9.30. The summed E-state index contributed by atoms with van der Waals surface area (Å²) < 4.78 is 6.49. The van der Waals surface area contributed by atoms with E-state index in [2.05, 4.69) is 31.0 Å². The number of benzene rings is 1. The van der Waals surface area contributed by atoms with Gasteiger partial charge in [0, 0.05) is 24.6 Å². The fraction of sp³-hybridized carbons (Fsp3) is 0.389. The van der Waals surface area contributed by atoms with Gasteiger partial charge in [-0.15, -0.1) is 5.10 Å². The van der Waals surface area contributed by atoms with Gasteiger partial charge >= 0.3 is 0 Å². The van der Waals surface area contributed by atoms with Crippen LogP contribution in [0.2, 0.25) is 0 Å². The standard InChI is InChI=1S/C18H20N8O3/c1-12-21-16(29-22-12)10-19-17(27)13-5-7-25(8-6-13)18(28)14-3-2-4-15(9-14)26-11-20-23-24-26/h2-4,9,11,13H,5-8,10H2,1H3,(H,19,27). The molecule has 11 nitrogen and oxygen atoms in total. The fourth-order valence-electron chi connectivity index (χ4n) is 3.31. The molecule has 1 saturated heterocycles. The molecule has 29 heavy (non-hydrogen) atoms. The third-order valence-electron chi connectivity index (χ3n) is 4.84. The maximum absolute atomic E-state index is 12.8. The summed E-state index contributed by atoms with van der Waals surface area (Å²) in [7, 11) is 0. The Bertz CT molecular complexity index is 992. The molecular formula is C18H20N8O3. The monoisotopic (exact) mass is 396 g/mol. The molecule has 0 spiro atoms. The minimum Gasteiger partial charge on any atom is -0.347 e. The number of rotatable bonds is 5. The maximum Gasteiger partial charge on any atom is 0.253 e. The average molecular weight is 396 g/mol. The fourth-order valence-corrected chi connectivity index (χ4v) is 3.31. The largest absolute Gasteiger partial charge is 0.347 e. The number of piperidine rings is 1. The summed E-state index contributed by atoms with van der Waals surface area (Å²) in [6.45, 7) is 2.97. The number of amides is 2. The van der Waals surface area contributed by atoms with E-state index in [-0.39, 0.29) is 24.3 Å². The molecule has 1 fully saturated rings. The Morgan fingerprint density at radius 3 is 2.79 bits per heavy atom. The zero-order valence-electron chi connectivity index (χ0n) is 15.9. The molecule has 0 atom stereocenters. The molecule has 0 unspecified atom stereocenters. The van der Waals surface area contributed by atoms with Gasteiger partial charge in [-0.05, 0) is 48.4 Å². The zero-order valence-corrected chi connectivity index (χ0v) is 15.9. The predicted molar refractivity (Wildman–Crippen MR) is 98.7 cm³/mol. The summed E-state index contributed by atoms with van der Waals surface area (Å²) in [4.78, 5) is 31.1. The number of hydrogen-bond acceptors (Lipinski definition) is 8. The number of nitrogens with one attached hydrogen (secondary N) is 1. The minimum absolute atomic E-state index is 0.0615. The zero-order chi connectivity index (χ0) is 20.2. The molecular weight excluding hydrogens is 376 g/mol. The van der Waals surface area contributed by atoms with Crippen LogP contribution in [-0.2, 0) is 11.3 Å². The van der Waals surface area contributed by atoms with Crippen LogP contribution in [0, 0.1) is 12.8 Å². The van der Waals surface area contributed by atoms with E-state index in [9.17, 15) is 9.59 Å². The smallest absolute Gasteiger partial charge is 0.253 e. The molecule has 1 aliphatic heterocycles. The van der Waals surface area contributed by atoms with Crippen molar-refractivity contribution in [1.29, 1.82) is 0 Å². The molecule has 2 aromatic heterocycles. The Balaban J connectivity index is 1.31. The highest BCUT2D eigenvalue weighted by Gasteiger charge is 2.28. The van der Waals surface area contributed by atoms with E-state index in [1.165, 1.54) is 11.0 Å². The molecule has 3 heterocycles. The summed E-state index contributed by atoms with van der Waals surface area (Å²) in [5.41, 5.74) is 1.28. The highest BCUT2D eigenvalue weighted by molar-refractivity contribution is 5.95. The second-order valence-electron chi connectivity index (χ2n) is 6.82. The van der Waals surface area contributed by atoms with Crippen molar-refractivity contribution in [3.63, 3.8) is 0 Å². The molecule has 11 heteroatoms. The molecule has 0 bridgehead atoms. The number of carbonyl (C=O) groups excluding carboxylic acids is 2. The van der Waals surface area contributed by atoms with Gasteiger partial charge in [-0.25, -0.2) is 4.68 Å². The summed E-state index contributed by atoms with van der Waals surface area (Å²) in [6, 6.07) is 7.14. The van der Waals surface area contributed by atoms with E-state index in [1.54, 1.807) is 30.0 Å². The normalized spacial score (nSPS) is 14.7. The summed E-state index contributed by atoms with van der Waals surface area (Å²) >= 11 is 0. The number of tetrazole rings is 1. The van der Waals surface area contributed by atoms with Crippen molar-refractivity contribution in [2.24, 2.45) is 5.92 Å². The molecule has 1 N–H and O–H groups in total. The molecule has 1 aliphatic rings. The first-order chi connectivity index (χ1) is 14.1. The average Bonchev–Trinajstić information content (AvgIpc) is 3.44. The van der Waals surface area contributed by atoms with Crippen LogP contribution >= 0.6 is 0 Å². The third-order valence-corrected chi connectivity index (χ3v) is 4.84. The van der Waals surface area contributed by atoms with Gasteiger partial charge in [-0.1, -0.05) is 11.2 Å². The second kappa shape index (κ2) is 8.17. The van der Waals surface area contributed by atoms with E-state index in [1.807, 2.05) is 6.07 Å². The van der Waals surface area contributed by atoms with Gasteiger partial charge in [0.1, 0.15) is 6.33 Å². The van der Waals surface area contributed by atoms with Gasteiger partial charge in [-0.3, -0.25) is 9.59 Å². The first-order valence-corrected chi connectivity index (χ1v) is 9.30. The Hall–Kier alpha value is -3.63. The first kappa shape index (κ1) is 18.7. The lowest BCUT2D eigenvalue weighted by Gasteiger charge is -2.31. The van der Waals surface area contributed by atoms with E-state index >= 15 is 0 Å². The molecule has 150 valence electrons. The van der Waals surface area contributed by atoms with Gasteiger partial charge in [0.25, 0.3) is 5.91 Å². The molecule has 4 rings (SSSR count). The van der Waals surface area contributed by atoms with Crippen molar-refractivity contribution in [1.82, 2.24) is 40.6 Å². The molecule has 0 aliphatic carbocycles. The van der Waals surface area contributed by atoms with Crippen molar-refractivity contribution in [3.05, 3.63) is 47.9 Å². The van der Waals surface area contributed by atoms with Crippen LogP contribution in [0.3, 0.4) is 0 Å². The summed E-state index contributed by atoms with van der Waals surface area (Å²) in [5.74, 6) is 0.639. The highest BCUT2D eigenvalue weighted by Crippen LogP contribution is 2.20. The highest BCUT2D eigenvalue weighted by atomic mass is 16.5. The topological polar surface area (TPSA) is 132 Å². The molecule has 3 aromatic rings. The quantitative estimate of drug-likeness (QED) is 0.660. The van der Waals surface area contributed by atoms with Crippen LogP contribution < -0.4 is 5.32 Å². The number of aryl methyl sites for hydroxylation is 1. The van der Waals surface area contributed by atoms with Crippen LogP contribution in [0.1, 0.15) is 34.9 Å². The lowest BCUT2D eigenvalue weighted by molar-refractivity contribution is -0.126. The van der Waals surface area contributed by atoms with Crippen LogP contribution in [-0.4, -0.2) is 60.2 Å². The van der Waals surface area contributed by atoms with E-state index < -0.39 is 0 Å². The van der Waals surface area contributed by atoms with Gasteiger partial charge in [0.05, 0.1) is 12.2 Å². The van der Waals surface area contributed by atoms with E-state index in [0.29, 0.717) is 48.9 Å². The van der Waals surface area contributed by atoms with E-state index in [0.717, 1.165) is 0 Å². The number of aromatic nitrogens is 6. The molecule has 2 amide bonds. The maximum atomic E-state index is 12.8. The number of carbonyl (C=O) groups is 2. The third kappa shape index (κ3) is 4.28. The van der Waals surface area contributed by atoms with Crippen molar-refractivity contribution in [2.45, 2.75) is 26.3 Å². The van der Waals surface area contributed by atoms with Gasteiger partial charge < -0.3 is 14.7 Å². The van der Waals surface area contributed by atoms with Crippen LogP contribution in [0.25, 0.3) is 5.69 Å². The Morgan fingerprint density at radius 1 is 1.28 bits per heavy atom. The van der Waals surface area contributed by atoms with Crippen molar-refractivity contribution in [2.75, 3.05) is 13.1 Å². The van der Waals surface area contributed by atoms with Crippen molar-refractivity contribution in [3.8, 4) is 5.69 Å². The van der Waals surface area contributed by atoms with E-state index in [4.69, 9.17) is 4.52 Å². The van der Waals surface area contributed by atoms with Crippen molar-refractivity contribution >= 4 is 11.8 Å². The lowest BCUT2D eigenvalue weighted by Crippen LogP contribution is -2.43. The number of likely N-dealkylation sites (tertiary alicyclic amines) is 1. The van der Waals surface area contributed by atoms with Gasteiger partial charge in [0.15, 0.2) is 5.82 Å². The van der Waals surface area contributed by atoms with Crippen molar-refractivity contribution < 1.29 is 14.1 Å². The Morgan fingerprint density at radius 2 is 2.10 bits per heavy atom. The molecule has 0 saturated carbocycles. The van der Waals surface area contributed by atoms with Crippen LogP contribution in [0.15, 0.2) is 35.1 Å². The summed E-state index contributed by atoms with van der Waals surface area (Å²) in [6.07, 6.45) is 2.68. The van der Waals surface area contributed by atoms with Crippen LogP contribution in [0.5, 0.6) is 0 Å². The van der Waals surface area contributed by atoms with Crippen LogP contribution in [0.4, 0.5) is 0 Å². The van der Waals surface area contributed by atoms with Gasteiger partial charge in [0.2, 0.25) is 11.8 Å². The number of hydrogen-bond donors (Lipinski definition) is 1. The Kier molecular flexibility index (Phi) is 5.27. The SMILES string of the molecule is Cc1noc(CNC(=O)C2CCN(C(=O)c3cccc(-n4cnnn4)c3)CC2)n1. The molecule has 1 aromatic carbocycles. The lowest BCUT2D eigenvalue weighted by atomic mass is 9.95. The van der Waals surface area contributed by atoms with Gasteiger partial charge in [-0.2, -0.15) is 4.98 Å². The molecule has 0 radical (unpaired) electrons. The summed E-state index contributed by atoms with van der Waals surface area (Å²) in [5, 5.41) is 17.6. The predicted octanol–water partition coefficient (Wildman–Crippen LogP) is 0.522.